The van der Waals surface area contributed by atoms with Crippen LogP contribution < -0.4 is 5.32 Å². The molecule has 1 unspecified atom stereocenters. The van der Waals surface area contributed by atoms with Gasteiger partial charge in [-0.05, 0) is 43.1 Å². The van der Waals surface area contributed by atoms with E-state index in [0.717, 1.165) is 29.7 Å². The van der Waals surface area contributed by atoms with Gasteiger partial charge in [-0.2, -0.15) is 10.4 Å². The Morgan fingerprint density at radius 3 is 2.71 bits per heavy atom. The Morgan fingerprint density at radius 2 is 2.14 bits per heavy atom. The van der Waals surface area contributed by atoms with Crippen molar-refractivity contribution in [3.8, 4) is 6.07 Å². The highest BCUT2D eigenvalue weighted by Gasteiger charge is 2.34. The van der Waals surface area contributed by atoms with Gasteiger partial charge < -0.3 is 5.32 Å². The highest BCUT2D eigenvalue weighted by molar-refractivity contribution is 7.16. The summed E-state index contributed by atoms with van der Waals surface area (Å²) >= 11 is 1.40. The number of aryl methyl sites for hydroxylation is 2. The molecule has 9 heteroatoms. The largest absolute Gasteiger partial charge is 0.322 e. The van der Waals surface area contributed by atoms with E-state index in [9.17, 15) is 20.2 Å². The Labute approximate surface area is 167 Å². The number of amides is 1. The Morgan fingerprint density at radius 1 is 1.46 bits per heavy atom. The molecule has 1 amide bonds. The van der Waals surface area contributed by atoms with Crippen LogP contribution in [-0.2, 0) is 19.9 Å². The van der Waals surface area contributed by atoms with Crippen molar-refractivity contribution in [3.63, 3.8) is 0 Å². The van der Waals surface area contributed by atoms with Crippen molar-refractivity contribution in [2.75, 3.05) is 5.32 Å². The van der Waals surface area contributed by atoms with Gasteiger partial charge in [0, 0.05) is 11.9 Å². The molecular formula is C19H23N5O3S. The number of fused-ring (bicyclic) bond motifs is 1. The van der Waals surface area contributed by atoms with E-state index in [-0.39, 0.29) is 22.5 Å². The minimum Gasteiger partial charge on any atom is -0.311 e. The number of thiophene rings is 1. The van der Waals surface area contributed by atoms with Gasteiger partial charge >= 0.3 is 5.69 Å². The maximum atomic E-state index is 12.8. The zero-order chi connectivity index (χ0) is 20.8. The number of carbonyl (C=O) groups is 1. The summed E-state index contributed by atoms with van der Waals surface area (Å²) in [5.74, 6) is -0.119. The Hall–Kier alpha value is -2.73. The van der Waals surface area contributed by atoms with Crippen LogP contribution in [0.5, 0.6) is 0 Å². The fraction of sp³-hybridized carbons (Fsp3) is 0.526. The van der Waals surface area contributed by atoms with E-state index < -0.39 is 10.8 Å². The fourth-order valence-electron chi connectivity index (χ4n) is 3.81. The van der Waals surface area contributed by atoms with E-state index in [1.54, 1.807) is 0 Å². The molecule has 1 atom stereocenters. The molecule has 0 saturated carbocycles. The lowest BCUT2D eigenvalue weighted by Crippen LogP contribution is -2.26. The maximum Gasteiger partial charge on any atom is 0.322 e. The van der Waals surface area contributed by atoms with Crippen molar-refractivity contribution >= 4 is 27.9 Å². The zero-order valence-corrected chi connectivity index (χ0v) is 17.4. The highest BCUT2D eigenvalue weighted by atomic mass is 32.1. The van der Waals surface area contributed by atoms with Gasteiger partial charge in [-0.25, -0.2) is 0 Å². The molecule has 8 nitrogen and oxygen atoms in total. The molecule has 2 aromatic heterocycles. The summed E-state index contributed by atoms with van der Waals surface area (Å²) < 4.78 is 1.21. The average Bonchev–Trinajstić information content (AvgIpc) is 3.08. The van der Waals surface area contributed by atoms with E-state index >= 15 is 0 Å². The summed E-state index contributed by atoms with van der Waals surface area (Å²) in [6.45, 7) is 8.14. The van der Waals surface area contributed by atoms with E-state index in [2.05, 4.69) is 37.3 Å². The van der Waals surface area contributed by atoms with Gasteiger partial charge in [0.25, 0.3) is 5.91 Å². The standard InChI is InChI=1S/C19H23N5O3S/c1-10-15(24(26)27)16(23(5)22-10)17(25)21-18-13(9-20)12-7-6-11(19(2,3)4)8-14(12)28-18/h11H,6-8H2,1-5H3,(H,21,25). The van der Waals surface area contributed by atoms with Crippen LogP contribution in [0.15, 0.2) is 0 Å². The predicted molar refractivity (Wildman–Crippen MR) is 107 cm³/mol. The zero-order valence-electron chi connectivity index (χ0n) is 16.6. The molecule has 0 fully saturated rings. The lowest BCUT2D eigenvalue weighted by Gasteiger charge is -2.33. The molecule has 0 aromatic carbocycles. The molecule has 28 heavy (non-hydrogen) atoms. The van der Waals surface area contributed by atoms with E-state index in [1.807, 2.05) is 0 Å². The van der Waals surface area contributed by atoms with Crippen LogP contribution in [0.4, 0.5) is 10.7 Å². The molecule has 1 aliphatic rings. The van der Waals surface area contributed by atoms with Gasteiger partial charge in [0.2, 0.25) is 5.69 Å². The summed E-state index contributed by atoms with van der Waals surface area (Å²) in [5, 5.41) is 28.2. The second-order valence-electron chi connectivity index (χ2n) is 8.24. The van der Waals surface area contributed by atoms with E-state index in [0.29, 0.717) is 16.5 Å². The van der Waals surface area contributed by atoms with Gasteiger partial charge in [-0.3, -0.25) is 19.6 Å². The van der Waals surface area contributed by atoms with Crippen LogP contribution in [0.25, 0.3) is 0 Å². The quantitative estimate of drug-likeness (QED) is 0.617. The summed E-state index contributed by atoms with van der Waals surface area (Å²) in [5.41, 5.74) is 1.39. The number of aromatic nitrogens is 2. The Bertz CT molecular complexity index is 1010. The molecule has 1 N–H and O–H groups in total. The topological polar surface area (TPSA) is 114 Å². The van der Waals surface area contributed by atoms with Gasteiger partial charge in [0.1, 0.15) is 16.8 Å². The molecule has 0 saturated heterocycles. The first kappa shape index (κ1) is 20.0. The van der Waals surface area contributed by atoms with Crippen molar-refractivity contribution in [1.29, 1.82) is 5.26 Å². The number of nitrogens with zero attached hydrogens (tertiary/aromatic N) is 4. The number of hydrogen-bond acceptors (Lipinski definition) is 6. The number of hydrogen-bond donors (Lipinski definition) is 1. The summed E-state index contributed by atoms with van der Waals surface area (Å²) in [6, 6.07) is 2.21. The van der Waals surface area contributed by atoms with Crippen molar-refractivity contribution < 1.29 is 9.72 Å². The van der Waals surface area contributed by atoms with Gasteiger partial charge in [0.15, 0.2) is 0 Å². The Balaban J connectivity index is 1.95. The van der Waals surface area contributed by atoms with E-state index in [4.69, 9.17) is 0 Å². The molecule has 0 bridgehead atoms. The maximum absolute atomic E-state index is 12.8. The van der Waals surface area contributed by atoms with Crippen molar-refractivity contribution in [3.05, 3.63) is 37.5 Å². The Kier molecular flexibility index (Phi) is 5.02. The highest BCUT2D eigenvalue weighted by Crippen LogP contribution is 2.44. The third-order valence-electron chi connectivity index (χ3n) is 5.42. The normalized spacial score (nSPS) is 16.4. The van der Waals surface area contributed by atoms with Gasteiger partial charge in [-0.15, -0.1) is 11.3 Å². The molecule has 2 aromatic rings. The SMILES string of the molecule is Cc1nn(C)c(C(=O)Nc2sc3c(c2C#N)CCC(C(C)(C)C)C3)c1[N+](=O)[O-]. The second kappa shape index (κ2) is 7.02. The molecular weight excluding hydrogens is 378 g/mol. The predicted octanol–water partition coefficient (Wildman–Crippen LogP) is 3.97. The first-order valence-electron chi connectivity index (χ1n) is 9.08. The minimum absolute atomic E-state index is 0.120. The third-order valence-corrected chi connectivity index (χ3v) is 6.59. The monoisotopic (exact) mass is 401 g/mol. The van der Waals surface area contributed by atoms with Crippen molar-refractivity contribution in [2.45, 2.75) is 47.0 Å². The number of nitrogens with one attached hydrogen (secondary N) is 1. The van der Waals surface area contributed by atoms with Crippen LogP contribution in [0.3, 0.4) is 0 Å². The second-order valence-corrected chi connectivity index (χ2v) is 9.35. The first-order chi connectivity index (χ1) is 13.0. The molecule has 0 radical (unpaired) electrons. The number of nitro groups is 1. The van der Waals surface area contributed by atoms with Gasteiger partial charge in [0.05, 0.1) is 10.5 Å². The summed E-state index contributed by atoms with van der Waals surface area (Å²) in [6.07, 6.45) is 2.68. The van der Waals surface area contributed by atoms with E-state index in [1.165, 1.54) is 30.0 Å². The van der Waals surface area contributed by atoms with Crippen LogP contribution in [0, 0.1) is 39.7 Å². The fourth-order valence-corrected chi connectivity index (χ4v) is 5.09. The average molecular weight is 401 g/mol. The molecule has 0 aliphatic heterocycles. The molecule has 148 valence electrons. The lowest BCUT2D eigenvalue weighted by molar-refractivity contribution is -0.385. The first-order valence-corrected chi connectivity index (χ1v) is 9.90. The molecule has 2 heterocycles. The van der Waals surface area contributed by atoms with Crippen LogP contribution in [0.1, 0.15) is 59.4 Å². The van der Waals surface area contributed by atoms with Gasteiger partial charge in [-0.1, -0.05) is 20.8 Å². The number of rotatable bonds is 3. The third kappa shape index (κ3) is 3.40. The smallest absolute Gasteiger partial charge is 0.311 e. The molecule has 3 rings (SSSR count). The molecule has 0 spiro atoms. The summed E-state index contributed by atoms with van der Waals surface area (Å²) in [4.78, 5) is 24.7. The van der Waals surface area contributed by atoms with Crippen LogP contribution >= 0.6 is 11.3 Å². The van der Waals surface area contributed by atoms with Crippen LogP contribution in [0.2, 0.25) is 0 Å². The lowest BCUT2D eigenvalue weighted by atomic mass is 9.72. The number of anilines is 1. The number of carbonyl (C=O) groups excluding carboxylic acids is 1. The van der Waals surface area contributed by atoms with Crippen LogP contribution in [-0.4, -0.2) is 20.6 Å². The van der Waals surface area contributed by atoms with Crippen molar-refractivity contribution in [1.82, 2.24) is 9.78 Å². The minimum atomic E-state index is -0.628. The summed E-state index contributed by atoms with van der Waals surface area (Å²) in [7, 11) is 1.49. The molecule has 1 aliphatic carbocycles. The number of nitriles is 1. The van der Waals surface area contributed by atoms with Crippen molar-refractivity contribution in [2.24, 2.45) is 18.4 Å².